The van der Waals surface area contributed by atoms with Crippen LogP contribution in [0.5, 0.6) is 17.2 Å². The first-order chi connectivity index (χ1) is 17.5. The number of aliphatic hydroxyl groups excluding tert-OH is 2. The lowest BCUT2D eigenvalue weighted by molar-refractivity contribution is -0.242. The molecule has 4 rings (SSSR count). The van der Waals surface area contributed by atoms with Gasteiger partial charge in [0.1, 0.15) is 65.0 Å². The van der Waals surface area contributed by atoms with E-state index in [1.807, 2.05) is 0 Å². The van der Waals surface area contributed by atoms with Crippen LogP contribution in [0, 0.1) is 0 Å². The Labute approximate surface area is 208 Å². The van der Waals surface area contributed by atoms with Gasteiger partial charge in [0.15, 0.2) is 11.5 Å². The Morgan fingerprint density at radius 1 is 0.973 bits per heavy atom. The fourth-order valence-electron chi connectivity index (χ4n) is 4.19. The summed E-state index contributed by atoms with van der Waals surface area (Å²) >= 11 is 0. The van der Waals surface area contributed by atoms with Crippen molar-refractivity contribution in [1.29, 1.82) is 0 Å². The second-order valence-electron chi connectivity index (χ2n) is 8.51. The Balaban J connectivity index is 1.83. The topological polar surface area (TPSA) is 193 Å². The van der Waals surface area contributed by atoms with Crippen molar-refractivity contribution in [2.75, 3.05) is 6.61 Å². The van der Waals surface area contributed by atoms with Gasteiger partial charge in [-0.25, -0.2) is 0 Å². The SMILES string of the molecule is CC(=O)OC[C@H]1O[C@@H](c2c(O)cc3oc(-c4ccc(O)cc4)cc(=O)c3c2O)[C@H](OC(C)=O)[C@@H](O)[C@@H]1O. The Morgan fingerprint density at radius 2 is 1.65 bits per heavy atom. The van der Waals surface area contributed by atoms with Gasteiger partial charge in [-0.15, -0.1) is 0 Å². The number of esters is 2. The van der Waals surface area contributed by atoms with Crippen molar-refractivity contribution >= 4 is 22.9 Å². The van der Waals surface area contributed by atoms with E-state index in [4.69, 9.17) is 18.6 Å². The lowest BCUT2D eigenvalue weighted by Gasteiger charge is -2.42. The Morgan fingerprint density at radius 3 is 2.27 bits per heavy atom. The van der Waals surface area contributed by atoms with Crippen LogP contribution in [0.2, 0.25) is 0 Å². The Kier molecular flexibility index (Phi) is 7.07. The van der Waals surface area contributed by atoms with Crippen molar-refractivity contribution in [3.8, 4) is 28.6 Å². The van der Waals surface area contributed by atoms with Crippen LogP contribution in [0.15, 0.2) is 45.6 Å². The molecule has 0 spiro atoms. The number of rotatable bonds is 5. The molecule has 0 amide bonds. The normalized spacial score (nSPS) is 23.5. The average Bonchev–Trinajstić information content (AvgIpc) is 2.82. The molecular weight excluding hydrogens is 492 g/mol. The van der Waals surface area contributed by atoms with Crippen molar-refractivity contribution in [2.45, 2.75) is 44.4 Å². The molecular formula is C25H24O12. The number of aliphatic hydroxyl groups is 2. The minimum atomic E-state index is -1.77. The van der Waals surface area contributed by atoms with Crippen molar-refractivity contribution in [3.63, 3.8) is 0 Å². The van der Waals surface area contributed by atoms with Crippen LogP contribution in [-0.2, 0) is 23.8 Å². The van der Waals surface area contributed by atoms with Crippen LogP contribution < -0.4 is 5.43 Å². The number of benzene rings is 2. The largest absolute Gasteiger partial charge is 0.508 e. The number of phenolic OH excluding ortho intramolecular Hbond substituents is 3. The molecule has 3 aromatic rings. The standard InChI is InChI=1S/C25H24O12/c1-10(26)34-9-18-21(31)23(33)25(35-11(2)27)24(37-18)20-15(30)8-17-19(22(20)32)14(29)7-16(36-17)12-3-5-13(28)6-4-12/h3-8,18,21,23-25,28,30-33H,9H2,1-2H3/t18-,21-,23+,24+,25-/m1/s1. The maximum absolute atomic E-state index is 13.0. The molecule has 1 saturated heterocycles. The number of carbonyl (C=O) groups excluding carboxylic acids is 2. The molecule has 1 aliphatic heterocycles. The van der Waals surface area contributed by atoms with E-state index in [2.05, 4.69) is 0 Å². The Bertz CT molecular complexity index is 1390. The number of ether oxygens (including phenoxy) is 3. The number of hydrogen-bond acceptors (Lipinski definition) is 12. The molecule has 0 saturated carbocycles. The van der Waals surface area contributed by atoms with E-state index in [9.17, 15) is 39.9 Å². The molecule has 0 bridgehead atoms. The third-order valence-corrected chi connectivity index (χ3v) is 5.89. The zero-order chi connectivity index (χ0) is 27.0. The van der Waals surface area contributed by atoms with Gasteiger partial charge < -0.3 is 44.2 Å². The van der Waals surface area contributed by atoms with Gasteiger partial charge in [0.25, 0.3) is 0 Å². The molecule has 37 heavy (non-hydrogen) atoms. The van der Waals surface area contributed by atoms with Crippen LogP contribution >= 0.6 is 0 Å². The molecule has 5 N–H and O–H groups in total. The van der Waals surface area contributed by atoms with E-state index >= 15 is 0 Å². The molecule has 0 unspecified atom stereocenters. The highest BCUT2D eigenvalue weighted by Gasteiger charge is 2.49. The van der Waals surface area contributed by atoms with Crippen LogP contribution in [0.1, 0.15) is 25.5 Å². The molecule has 12 heteroatoms. The van der Waals surface area contributed by atoms with E-state index in [1.54, 1.807) is 0 Å². The number of fused-ring (bicyclic) bond motifs is 1. The summed E-state index contributed by atoms with van der Waals surface area (Å²) in [5, 5.41) is 52.2. The molecule has 196 valence electrons. The van der Waals surface area contributed by atoms with Gasteiger partial charge in [-0.05, 0) is 24.3 Å². The minimum Gasteiger partial charge on any atom is -0.508 e. The van der Waals surface area contributed by atoms with Crippen LogP contribution in [-0.4, -0.2) is 68.5 Å². The zero-order valence-electron chi connectivity index (χ0n) is 19.7. The van der Waals surface area contributed by atoms with Gasteiger partial charge in [-0.3, -0.25) is 14.4 Å². The highest BCUT2D eigenvalue weighted by atomic mass is 16.6. The molecule has 12 nitrogen and oxygen atoms in total. The molecule has 2 heterocycles. The van der Waals surface area contributed by atoms with Gasteiger partial charge >= 0.3 is 11.9 Å². The van der Waals surface area contributed by atoms with Crippen molar-refractivity contribution < 1.29 is 53.7 Å². The maximum atomic E-state index is 13.0. The fraction of sp³-hybridized carbons (Fsp3) is 0.320. The molecule has 5 atom stereocenters. The smallest absolute Gasteiger partial charge is 0.303 e. The van der Waals surface area contributed by atoms with E-state index in [1.165, 1.54) is 24.3 Å². The van der Waals surface area contributed by atoms with Gasteiger partial charge in [-0.2, -0.15) is 0 Å². The van der Waals surface area contributed by atoms with E-state index in [0.717, 1.165) is 26.0 Å². The number of carbonyl (C=O) groups is 2. The molecule has 1 fully saturated rings. The highest BCUT2D eigenvalue weighted by molar-refractivity contribution is 5.88. The van der Waals surface area contributed by atoms with Crippen LogP contribution in [0.4, 0.5) is 0 Å². The monoisotopic (exact) mass is 516 g/mol. The minimum absolute atomic E-state index is 0.000876. The fourth-order valence-corrected chi connectivity index (χ4v) is 4.19. The summed E-state index contributed by atoms with van der Waals surface area (Å²) in [4.78, 5) is 36.0. The molecule has 2 aromatic carbocycles. The number of hydrogen-bond donors (Lipinski definition) is 5. The van der Waals surface area contributed by atoms with Gasteiger partial charge in [0.2, 0.25) is 0 Å². The predicted octanol–water partition coefficient (Wildman–Crippen LogP) is 1.23. The number of aromatic hydroxyl groups is 3. The molecule has 1 aromatic heterocycles. The highest BCUT2D eigenvalue weighted by Crippen LogP contribution is 2.45. The van der Waals surface area contributed by atoms with Crippen molar-refractivity contribution in [3.05, 3.63) is 52.2 Å². The van der Waals surface area contributed by atoms with Crippen LogP contribution in [0.25, 0.3) is 22.3 Å². The zero-order valence-corrected chi connectivity index (χ0v) is 19.7. The molecule has 0 aliphatic carbocycles. The quantitative estimate of drug-likeness (QED) is 0.305. The lowest BCUT2D eigenvalue weighted by Crippen LogP contribution is -2.56. The third kappa shape index (κ3) is 5.07. The second-order valence-corrected chi connectivity index (χ2v) is 8.51. The van der Waals surface area contributed by atoms with Crippen molar-refractivity contribution in [1.82, 2.24) is 0 Å². The lowest BCUT2D eigenvalue weighted by atomic mass is 9.89. The summed E-state index contributed by atoms with van der Waals surface area (Å²) in [6.45, 7) is 1.67. The predicted molar refractivity (Wildman–Crippen MR) is 125 cm³/mol. The average molecular weight is 516 g/mol. The first-order valence-corrected chi connectivity index (χ1v) is 11.1. The summed E-state index contributed by atoms with van der Waals surface area (Å²) in [5.74, 6) is -2.86. The summed E-state index contributed by atoms with van der Waals surface area (Å²) in [6.07, 6.45) is -7.96. The first kappa shape index (κ1) is 25.9. The molecule has 1 aliphatic rings. The van der Waals surface area contributed by atoms with Gasteiger partial charge in [0, 0.05) is 31.5 Å². The summed E-state index contributed by atoms with van der Waals surface area (Å²) in [7, 11) is 0. The van der Waals surface area contributed by atoms with E-state index < -0.39 is 71.6 Å². The molecule has 0 radical (unpaired) electrons. The van der Waals surface area contributed by atoms with Crippen molar-refractivity contribution in [2.24, 2.45) is 0 Å². The second kappa shape index (κ2) is 10.1. The summed E-state index contributed by atoms with van der Waals surface area (Å²) < 4.78 is 21.4. The van der Waals surface area contributed by atoms with Gasteiger partial charge in [-0.1, -0.05) is 0 Å². The van der Waals surface area contributed by atoms with Crippen LogP contribution in [0.3, 0.4) is 0 Å². The maximum Gasteiger partial charge on any atom is 0.303 e. The van der Waals surface area contributed by atoms with Gasteiger partial charge in [0.05, 0.1) is 5.56 Å². The van der Waals surface area contributed by atoms with E-state index in [0.29, 0.717) is 5.56 Å². The summed E-state index contributed by atoms with van der Waals surface area (Å²) in [6, 6.07) is 7.93. The first-order valence-electron chi connectivity index (χ1n) is 11.1. The van der Waals surface area contributed by atoms with E-state index in [-0.39, 0.29) is 22.5 Å². The Hall–Kier alpha value is -4.13. The third-order valence-electron chi connectivity index (χ3n) is 5.89. The summed E-state index contributed by atoms with van der Waals surface area (Å²) in [5.41, 5.74) is -0.857. The number of phenols is 3.